The molecule has 0 aliphatic heterocycles. The first-order valence-electron chi connectivity index (χ1n) is 6.48. The van der Waals surface area contributed by atoms with Gasteiger partial charge in [0.2, 0.25) is 0 Å². The fraction of sp³-hybridized carbons (Fsp3) is 0.333. The van der Waals surface area contributed by atoms with Crippen molar-refractivity contribution >= 4 is 33.5 Å². The molecule has 0 saturated heterocycles. The number of aromatic nitrogens is 2. The first-order chi connectivity index (χ1) is 9.47. The van der Waals surface area contributed by atoms with Crippen molar-refractivity contribution in [3.63, 3.8) is 0 Å². The lowest BCUT2D eigenvalue weighted by Gasteiger charge is -2.13. The molecule has 20 heavy (non-hydrogen) atoms. The van der Waals surface area contributed by atoms with Gasteiger partial charge in [0.25, 0.3) is 0 Å². The van der Waals surface area contributed by atoms with Gasteiger partial charge in [-0.1, -0.05) is 35.8 Å². The van der Waals surface area contributed by atoms with Gasteiger partial charge in [0.05, 0.1) is 5.75 Å². The van der Waals surface area contributed by atoms with E-state index in [1.165, 1.54) is 4.90 Å². The van der Waals surface area contributed by atoms with Gasteiger partial charge >= 0.3 is 0 Å². The predicted octanol–water partition coefficient (Wildman–Crippen LogP) is 4.55. The van der Waals surface area contributed by atoms with Crippen molar-refractivity contribution in [2.45, 2.75) is 37.3 Å². The third-order valence-corrected chi connectivity index (χ3v) is 4.44. The Morgan fingerprint density at radius 2 is 2.05 bits per heavy atom. The van der Waals surface area contributed by atoms with Crippen molar-refractivity contribution in [3.8, 4) is 0 Å². The van der Waals surface area contributed by atoms with Crippen LogP contribution in [0, 0.1) is 6.92 Å². The number of nitrogen functional groups attached to an aromatic ring is 1. The second kappa shape index (κ2) is 6.59. The van der Waals surface area contributed by atoms with Crippen LogP contribution in [0.15, 0.2) is 33.6 Å². The molecule has 0 unspecified atom stereocenters. The SMILES string of the molecule is Cc1nc(CSc2cccc(Br)c2)nc(N)c1C(C)C. The number of anilines is 1. The van der Waals surface area contributed by atoms with Gasteiger partial charge in [0.15, 0.2) is 0 Å². The number of aryl methyl sites for hydroxylation is 1. The molecule has 0 saturated carbocycles. The summed E-state index contributed by atoms with van der Waals surface area (Å²) in [7, 11) is 0. The van der Waals surface area contributed by atoms with Crippen molar-refractivity contribution in [1.29, 1.82) is 0 Å². The van der Waals surface area contributed by atoms with E-state index in [0.29, 0.717) is 11.7 Å². The Bertz CT molecular complexity index is 591. The summed E-state index contributed by atoms with van der Waals surface area (Å²) in [6.45, 7) is 6.22. The molecular weight excluding hydrogens is 334 g/mol. The Kier molecular flexibility index (Phi) is 5.05. The third-order valence-electron chi connectivity index (χ3n) is 2.95. The summed E-state index contributed by atoms with van der Waals surface area (Å²) in [5.41, 5.74) is 8.09. The molecule has 3 nitrogen and oxygen atoms in total. The molecule has 106 valence electrons. The Balaban J connectivity index is 2.15. The van der Waals surface area contributed by atoms with Gasteiger partial charge in [-0.05, 0) is 31.0 Å². The molecular formula is C15H18BrN3S. The first kappa shape index (κ1) is 15.3. The molecule has 0 amide bonds. The summed E-state index contributed by atoms with van der Waals surface area (Å²) in [4.78, 5) is 10.2. The van der Waals surface area contributed by atoms with Crippen molar-refractivity contribution in [2.24, 2.45) is 0 Å². The average molecular weight is 352 g/mol. The fourth-order valence-electron chi connectivity index (χ4n) is 2.15. The maximum absolute atomic E-state index is 6.05. The summed E-state index contributed by atoms with van der Waals surface area (Å²) in [5.74, 6) is 2.47. The van der Waals surface area contributed by atoms with E-state index in [-0.39, 0.29) is 0 Å². The lowest BCUT2D eigenvalue weighted by Crippen LogP contribution is -2.08. The normalized spacial score (nSPS) is 11.1. The molecule has 0 radical (unpaired) electrons. The molecule has 0 aliphatic carbocycles. The lowest BCUT2D eigenvalue weighted by atomic mass is 10.0. The van der Waals surface area contributed by atoms with Crippen LogP contribution in [0.1, 0.15) is 36.8 Å². The lowest BCUT2D eigenvalue weighted by molar-refractivity contribution is 0.823. The Morgan fingerprint density at radius 1 is 1.30 bits per heavy atom. The van der Waals surface area contributed by atoms with E-state index in [4.69, 9.17) is 5.73 Å². The molecule has 0 atom stereocenters. The molecule has 0 bridgehead atoms. The highest BCUT2D eigenvalue weighted by Crippen LogP contribution is 2.27. The molecule has 0 spiro atoms. The van der Waals surface area contributed by atoms with Gasteiger partial charge in [0, 0.05) is 20.6 Å². The fourth-order valence-corrected chi connectivity index (χ4v) is 3.51. The molecule has 2 aromatic rings. The Labute approximate surface area is 132 Å². The third kappa shape index (κ3) is 3.73. The number of rotatable bonds is 4. The van der Waals surface area contributed by atoms with E-state index in [9.17, 15) is 0 Å². The minimum Gasteiger partial charge on any atom is -0.383 e. The maximum Gasteiger partial charge on any atom is 0.141 e. The van der Waals surface area contributed by atoms with Crippen LogP contribution in [-0.2, 0) is 5.75 Å². The van der Waals surface area contributed by atoms with Crippen LogP contribution in [0.5, 0.6) is 0 Å². The summed E-state index contributed by atoms with van der Waals surface area (Å²) >= 11 is 5.18. The quantitative estimate of drug-likeness (QED) is 0.821. The number of halogens is 1. The van der Waals surface area contributed by atoms with Crippen molar-refractivity contribution < 1.29 is 0 Å². The summed E-state index contributed by atoms with van der Waals surface area (Å²) in [6, 6.07) is 8.20. The number of hydrogen-bond acceptors (Lipinski definition) is 4. The molecule has 5 heteroatoms. The van der Waals surface area contributed by atoms with Crippen molar-refractivity contribution in [3.05, 3.63) is 45.8 Å². The van der Waals surface area contributed by atoms with E-state index in [1.807, 2.05) is 19.1 Å². The van der Waals surface area contributed by atoms with E-state index >= 15 is 0 Å². The van der Waals surface area contributed by atoms with E-state index in [2.05, 4.69) is 51.9 Å². The molecule has 0 aliphatic rings. The molecule has 0 fully saturated rings. The summed E-state index contributed by atoms with van der Waals surface area (Å²) < 4.78 is 1.08. The van der Waals surface area contributed by atoms with Crippen LogP contribution < -0.4 is 5.73 Å². The van der Waals surface area contributed by atoms with Crippen LogP contribution in [0.4, 0.5) is 5.82 Å². The molecule has 1 aromatic heterocycles. The monoisotopic (exact) mass is 351 g/mol. The van der Waals surface area contributed by atoms with E-state index in [0.717, 1.165) is 27.3 Å². The predicted molar refractivity (Wildman–Crippen MR) is 89.0 cm³/mol. The molecule has 1 heterocycles. The van der Waals surface area contributed by atoms with Crippen LogP contribution in [0.25, 0.3) is 0 Å². The van der Waals surface area contributed by atoms with Crippen LogP contribution in [0.2, 0.25) is 0 Å². The second-order valence-electron chi connectivity index (χ2n) is 4.92. The number of nitrogens with two attached hydrogens (primary N) is 1. The largest absolute Gasteiger partial charge is 0.383 e. The average Bonchev–Trinajstić information content (AvgIpc) is 2.35. The molecule has 2 rings (SSSR count). The number of hydrogen-bond donors (Lipinski definition) is 1. The number of benzene rings is 1. The minimum atomic E-state index is 0.349. The molecule has 2 N–H and O–H groups in total. The molecule has 1 aromatic carbocycles. The highest BCUT2D eigenvalue weighted by molar-refractivity contribution is 9.10. The zero-order valence-corrected chi connectivity index (χ0v) is 14.3. The van der Waals surface area contributed by atoms with E-state index in [1.54, 1.807) is 11.8 Å². The highest BCUT2D eigenvalue weighted by atomic mass is 79.9. The van der Waals surface area contributed by atoms with Crippen molar-refractivity contribution in [2.75, 3.05) is 5.73 Å². The maximum atomic E-state index is 6.05. The zero-order valence-electron chi connectivity index (χ0n) is 11.9. The van der Waals surface area contributed by atoms with Gasteiger partial charge in [-0.15, -0.1) is 11.8 Å². The smallest absolute Gasteiger partial charge is 0.141 e. The Hall–Kier alpha value is -1.07. The van der Waals surface area contributed by atoms with Gasteiger partial charge in [-0.2, -0.15) is 0 Å². The standard InChI is InChI=1S/C15H18BrN3S/c1-9(2)14-10(3)18-13(19-15(14)17)8-20-12-6-4-5-11(16)7-12/h4-7,9H,8H2,1-3H3,(H2,17,18,19). The number of nitrogens with zero attached hydrogens (tertiary/aromatic N) is 2. The topological polar surface area (TPSA) is 51.8 Å². The van der Waals surface area contributed by atoms with E-state index < -0.39 is 0 Å². The Morgan fingerprint density at radius 3 is 2.65 bits per heavy atom. The second-order valence-corrected chi connectivity index (χ2v) is 6.89. The van der Waals surface area contributed by atoms with Gasteiger partial charge < -0.3 is 5.73 Å². The van der Waals surface area contributed by atoms with Gasteiger partial charge in [-0.25, -0.2) is 9.97 Å². The number of thioether (sulfide) groups is 1. The van der Waals surface area contributed by atoms with Crippen LogP contribution in [-0.4, -0.2) is 9.97 Å². The first-order valence-corrected chi connectivity index (χ1v) is 8.26. The minimum absolute atomic E-state index is 0.349. The highest BCUT2D eigenvalue weighted by Gasteiger charge is 2.12. The van der Waals surface area contributed by atoms with Gasteiger partial charge in [0.1, 0.15) is 11.6 Å². The van der Waals surface area contributed by atoms with Gasteiger partial charge in [-0.3, -0.25) is 0 Å². The summed E-state index contributed by atoms with van der Waals surface area (Å²) in [5, 5.41) is 0. The summed E-state index contributed by atoms with van der Waals surface area (Å²) in [6.07, 6.45) is 0. The zero-order chi connectivity index (χ0) is 14.7. The van der Waals surface area contributed by atoms with Crippen LogP contribution in [0.3, 0.4) is 0 Å². The van der Waals surface area contributed by atoms with Crippen LogP contribution >= 0.6 is 27.7 Å². The van der Waals surface area contributed by atoms with Crippen molar-refractivity contribution in [1.82, 2.24) is 9.97 Å².